The normalized spacial score (nSPS) is 10.9. The third-order valence-electron chi connectivity index (χ3n) is 3.64. The van der Waals surface area contributed by atoms with Crippen LogP contribution in [0, 0.1) is 0 Å². The van der Waals surface area contributed by atoms with E-state index in [0.717, 1.165) is 28.7 Å². The van der Waals surface area contributed by atoms with Crippen molar-refractivity contribution in [1.29, 1.82) is 0 Å². The highest BCUT2D eigenvalue weighted by Gasteiger charge is 2.08. The maximum absolute atomic E-state index is 12.0. The van der Waals surface area contributed by atoms with Crippen LogP contribution in [0.2, 0.25) is 0 Å². The molecule has 0 radical (unpaired) electrons. The molecule has 0 aliphatic carbocycles. The quantitative estimate of drug-likeness (QED) is 0.632. The maximum atomic E-state index is 12.0. The van der Waals surface area contributed by atoms with Crippen molar-refractivity contribution in [2.45, 2.75) is 58.3 Å². The van der Waals surface area contributed by atoms with Gasteiger partial charge in [0.1, 0.15) is 5.00 Å². The smallest absolute Gasteiger partial charge is 0.225 e. The van der Waals surface area contributed by atoms with Gasteiger partial charge in [0.2, 0.25) is 5.91 Å². The van der Waals surface area contributed by atoms with Gasteiger partial charge in [0, 0.05) is 11.8 Å². The predicted molar refractivity (Wildman–Crippen MR) is 90.9 cm³/mol. The molecule has 0 aliphatic heterocycles. The van der Waals surface area contributed by atoms with E-state index in [1.165, 1.54) is 43.6 Å². The number of nitrogens with one attached hydrogen (secondary N) is 1. The molecular formula is C17H24N2OS. The fourth-order valence-electron chi connectivity index (χ4n) is 2.41. The SMILES string of the molecule is CCCCCCCCCC(=O)Nc1snc2ccccc12. The lowest BCUT2D eigenvalue weighted by molar-refractivity contribution is -0.116. The fourth-order valence-corrected chi connectivity index (χ4v) is 3.19. The van der Waals surface area contributed by atoms with E-state index in [9.17, 15) is 4.79 Å². The molecule has 0 bridgehead atoms. The van der Waals surface area contributed by atoms with Crippen molar-refractivity contribution in [2.75, 3.05) is 5.32 Å². The molecule has 114 valence electrons. The van der Waals surface area contributed by atoms with Crippen LogP contribution < -0.4 is 5.32 Å². The lowest BCUT2D eigenvalue weighted by Gasteiger charge is -2.03. The summed E-state index contributed by atoms with van der Waals surface area (Å²) >= 11 is 1.36. The van der Waals surface area contributed by atoms with Gasteiger partial charge in [0.05, 0.1) is 5.52 Å². The average molecular weight is 304 g/mol. The van der Waals surface area contributed by atoms with Gasteiger partial charge in [-0.1, -0.05) is 57.6 Å². The van der Waals surface area contributed by atoms with Crippen LogP contribution in [0.15, 0.2) is 24.3 Å². The highest BCUT2D eigenvalue weighted by Crippen LogP contribution is 2.27. The zero-order valence-corrected chi connectivity index (χ0v) is 13.5. The second-order valence-corrected chi connectivity index (χ2v) is 6.22. The van der Waals surface area contributed by atoms with Gasteiger partial charge in [0.25, 0.3) is 0 Å². The fraction of sp³-hybridized carbons (Fsp3) is 0.529. The monoisotopic (exact) mass is 304 g/mol. The summed E-state index contributed by atoms with van der Waals surface area (Å²) in [5.74, 6) is 0.109. The van der Waals surface area contributed by atoms with E-state index < -0.39 is 0 Å². The number of benzene rings is 1. The van der Waals surface area contributed by atoms with Crippen LogP contribution in [0.1, 0.15) is 58.3 Å². The average Bonchev–Trinajstić information content (AvgIpc) is 2.90. The molecule has 0 atom stereocenters. The molecular weight excluding hydrogens is 280 g/mol. The zero-order chi connectivity index (χ0) is 14.9. The van der Waals surface area contributed by atoms with E-state index in [0.29, 0.717) is 6.42 Å². The Morgan fingerprint density at radius 2 is 1.81 bits per heavy atom. The third kappa shape index (κ3) is 5.12. The van der Waals surface area contributed by atoms with Gasteiger partial charge in [0.15, 0.2) is 0 Å². The molecule has 21 heavy (non-hydrogen) atoms. The number of rotatable bonds is 9. The van der Waals surface area contributed by atoms with E-state index >= 15 is 0 Å². The van der Waals surface area contributed by atoms with Gasteiger partial charge in [-0.2, -0.15) is 4.37 Å². The summed E-state index contributed by atoms with van der Waals surface area (Å²) in [6, 6.07) is 7.91. The van der Waals surface area contributed by atoms with Gasteiger partial charge in [-0.3, -0.25) is 4.79 Å². The molecule has 0 unspecified atom stereocenters. The second-order valence-electron chi connectivity index (χ2n) is 5.45. The lowest BCUT2D eigenvalue weighted by Crippen LogP contribution is -2.10. The number of fused-ring (bicyclic) bond motifs is 1. The topological polar surface area (TPSA) is 42.0 Å². The van der Waals surface area contributed by atoms with E-state index in [4.69, 9.17) is 0 Å². The number of aromatic nitrogens is 1. The van der Waals surface area contributed by atoms with Crippen molar-refractivity contribution < 1.29 is 4.79 Å². The number of carbonyl (C=O) groups is 1. The Balaban J connectivity index is 1.68. The molecule has 1 aromatic heterocycles. The number of unbranched alkanes of at least 4 members (excludes halogenated alkanes) is 6. The van der Waals surface area contributed by atoms with Gasteiger partial charge in [-0.25, -0.2) is 0 Å². The standard InChI is InChI=1S/C17H24N2OS/c1-2-3-4-5-6-7-8-13-16(20)18-17-14-11-9-10-12-15(14)19-21-17/h9-12H,2-8,13H2,1H3,(H,18,20). The van der Waals surface area contributed by atoms with Gasteiger partial charge in [-0.05, 0) is 30.1 Å². The number of anilines is 1. The Bertz CT molecular complexity index is 565. The van der Waals surface area contributed by atoms with Crippen molar-refractivity contribution in [2.24, 2.45) is 0 Å². The Labute approximate surface area is 130 Å². The summed E-state index contributed by atoms with van der Waals surface area (Å²) in [6.45, 7) is 2.23. The summed E-state index contributed by atoms with van der Waals surface area (Å²) < 4.78 is 4.34. The number of hydrogen-bond acceptors (Lipinski definition) is 3. The number of nitrogens with zero attached hydrogens (tertiary/aromatic N) is 1. The molecule has 2 rings (SSSR count). The minimum absolute atomic E-state index is 0.109. The summed E-state index contributed by atoms with van der Waals surface area (Å²) in [4.78, 5) is 12.0. The molecule has 1 aromatic carbocycles. The first-order valence-electron chi connectivity index (χ1n) is 7.95. The van der Waals surface area contributed by atoms with Crippen molar-refractivity contribution >= 4 is 33.3 Å². The summed E-state index contributed by atoms with van der Waals surface area (Å²) in [5.41, 5.74) is 0.953. The minimum atomic E-state index is 0.109. The van der Waals surface area contributed by atoms with Crippen LogP contribution >= 0.6 is 11.5 Å². The van der Waals surface area contributed by atoms with Gasteiger partial charge < -0.3 is 5.32 Å². The van der Waals surface area contributed by atoms with Crippen LogP contribution in [0.5, 0.6) is 0 Å². The van der Waals surface area contributed by atoms with E-state index in [-0.39, 0.29) is 5.91 Å². The molecule has 1 N–H and O–H groups in total. The molecule has 1 amide bonds. The Morgan fingerprint density at radius 3 is 2.62 bits per heavy atom. The minimum Gasteiger partial charge on any atom is -0.316 e. The van der Waals surface area contributed by atoms with Crippen molar-refractivity contribution in [1.82, 2.24) is 4.37 Å². The summed E-state index contributed by atoms with van der Waals surface area (Å²) in [5, 5.41) is 4.90. The van der Waals surface area contributed by atoms with Crippen molar-refractivity contribution in [3.05, 3.63) is 24.3 Å². The molecule has 0 saturated heterocycles. The van der Waals surface area contributed by atoms with E-state index in [1.807, 2.05) is 24.3 Å². The van der Waals surface area contributed by atoms with Crippen LogP contribution in [-0.4, -0.2) is 10.3 Å². The van der Waals surface area contributed by atoms with Crippen LogP contribution in [0.4, 0.5) is 5.00 Å². The van der Waals surface area contributed by atoms with Crippen LogP contribution in [0.3, 0.4) is 0 Å². The van der Waals surface area contributed by atoms with Crippen LogP contribution in [0.25, 0.3) is 10.9 Å². The van der Waals surface area contributed by atoms with E-state index in [2.05, 4.69) is 16.6 Å². The predicted octanol–water partition coefficient (Wildman–Crippen LogP) is 5.38. The van der Waals surface area contributed by atoms with Crippen molar-refractivity contribution in [3.63, 3.8) is 0 Å². The van der Waals surface area contributed by atoms with Crippen LogP contribution in [-0.2, 0) is 4.79 Å². The van der Waals surface area contributed by atoms with Gasteiger partial charge in [-0.15, -0.1) is 0 Å². The summed E-state index contributed by atoms with van der Waals surface area (Å²) in [6.07, 6.45) is 9.24. The zero-order valence-electron chi connectivity index (χ0n) is 12.7. The Morgan fingerprint density at radius 1 is 1.10 bits per heavy atom. The first-order chi connectivity index (χ1) is 10.3. The number of amides is 1. The van der Waals surface area contributed by atoms with Gasteiger partial charge >= 0.3 is 0 Å². The largest absolute Gasteiger partial charge is 0.316 e. The molecule has 3 nitrogen and oxygen atoms in total. The number of carbonyl (C=O) groups excluding carboxylic acids is 1. The highest BCUT2D eigenvalue weighted by molar-refractivity contribution is 7.12. The molecule has 2 aromatic rings. The molecule has 0 aliphatic rings. The first kappa shape index (κ1) is 16.0. The Hall–Kier alpha value is -1.42. The highest BCUT2D eigenvalue weighted by atomic mass is 32.1. The summed E-state index contributed by atoms with van der Waals surface area (Å²) in [7, 11) is 0. The molecule has 1 heterocycles. The third-order valence-corrected chi connectivity index (χ3v) is 4.44. The lowest BCUT2D eigenvalue weighted by atomic mass is 10.1. The second kappa shape index (κ2) is 8.78. The van der Waals surface area contributed by atoms with Crippen molar-refractivity contribution in [3.8, 4) is 0 Å². The molecule has 0 saturated carbocycles. The maximum Gasteiger partial charge on any atom is 0.225 e. The van der Waals surface area contributed by atoms with E-state index in [1.54, 1.807) is 0 Å². The first-order valence-corrected chi connectivity index (χ1v) is 8.73. The number of hydrogen-bond donors (Lipinski definition) is 1. The Kier molecular flexibility index (Phi) is 6.67. The molecule has 0 spiro atoms. The molecule has 4 heteroatoms. The molecule has 0 fully saturated rings.